The third-order valence-corrected chi connectivity index (χ3v) is 9.78. The Bertz CT molecular complexity index is 725. The van der Waals surface area contributed by atoms with Crippen molar-refractivity contribution in [3.05, 3.63) is 11.6 Å². The summed E-state index contributed by atoms with van der Waals surface area (Å²) in [6.07, 6.45) is 11.8. The van der Waals surface area contributed by atoms with Crippen LogP contribution in [-0.2, 0) is 14.3 Å². The van der Waals surface area contributed by atoms with Crippen LogP contribution in [-0.4, -0.2) is 23.1 Å². The highest BCUT2D eigenvalue weighted by Gasteiger charge is 2.58. The highest BCUT2D eigenvalue weighted by atomic mass is 16.5. The van der Waals surface area contributed by atoms with Crippen LogP contribution in [0.15, 0.2) is 11.6 Å². The molecule has 0 spiro atoms. The Morgan fingerprint density at radius 1 is 1.10 bits per heavy atom. The minimum Gasteiger partial charge on any atom is -0.481 e. The first-order valence-electron chi connectivity index (χ1n) is 12.3. The average molecular weight is 417 g/mol. The molecule has 0 amide bonds. The summed E-state index contributed by atoms with van der Waals surface area (Å²) in [5.41, 5.74) is 2.28. The van der Waals surface area contributed by atoms with Gasteiger partial charge in [-0.3, -0.25) is 9.59 Å². The number of carbonyl (C=O) groups excluding carboxylic acids is 1. The Morgan fingerprint density at radius 2 is 1.87 bits per heavy atom. The standard InChI is InChI=1S/C26H40O4/c1-16(2)20-7-8-21-19-6-5-17-15-18(30-24(29)10-9-23(27)28)11-13-25(17,3)22(19)12-14-26(20,21)4/h5,16,18-22H,6-15H2,1-4H3,(H,27,28)/t18-,19-,20+,21-,22-,25-,26+/m0/s1. The summed E-state index contributed by atoms with van der Waals surface area (Å²) in [5.74, 6) is 2.81. The fourth-order valence-electron chi connectivity index (χ4n) is 8.32. The minimum atomic E-state index is -0.944. The van der Waals surface area contributed by atoms with Gasteiger partial charge in [0.25, 0.3) is 0 Å². The predicted octanol–water partition coefficient (Wildman–Crippen LogP) is 6.00. The molecular formula is C26H40O4. The molecule has 0 heterocycles. The number of allylic oxidation sites excluding steroid dienone is 1. The number of ether oxygens (including phenoxy) is 1. The normalized spacial score (nSPS) is 42.7. The summed E-state index contributed by atoms with van der Waals surface area (Å²) in [7, 11) is 0. The van der Waals surface area contributed by atoms with Gasteiger partial charge in [0.2, 0.25) is 0 Å². The molecule has 0 aromatic rings. The monoisotopic (exact) mass is 416 g/mol. The van der Waals surface area contributed by atoms with Crippen molar-refractivity contribution in [2.24, 2.45) is 40.4 Å². The number of carboxylic acid groups (broad SMARTS) is 1. The van der Waals surface area contributed by atoms with Crippen LogP contribution in [0.25, 0.3) is 0 Å². The number of esters is 1. The summed E-state index contributed by atoms with van der Waals surface area (Å²) in [5, 5.41) is 8.78. The van der Waals surface area contributed by atoms with E-state index in [1.807, 2.05) is 0 Å². The first kappa shape index (κ1) is 21.9. The third kappa shape index (κ3) is 3.62. The zero-order valence-corrected chi connectivity index (χ0v) is 19.3. The van der Waals surface area contributed by atoms with E-state index in [1.54, 1.807) is 0 Å². The molecule has 1 N–H and O–H groups in total. The Hall–Kier alpha value is -1.32. The van der Waals surface area contributed by atoms with Crippen LogP contribution >= 0.6 is 0 Å². The van der Waals surface area contributed by atoms with E-state index in [1.165, 1.54) is 37.7 Å². The van der Waals surface area contributed by atoms with Gasteiger partial charge in [-0.25, -0.2) is 0 Å². The van der Waals surface area contributed by atoms with Gasteiger partial charge in [-0.05, 0) is 85.4 Å². The zero-order valence-electron chi connectivity index (χ0n) is 19.3. The van der Waals surface area contributed by atoms with E-state index < -0.39 is 5.97 Å². The maximum absolute atomic E-state index is 12.0. The maximum Gasteiger partial charge on any atom is 0.306 e. The number of carboxylic acids is 1. The van der Waals surface area contributed by atoms with E-state index >= 15 is 0 Å². The summed E-state index contributed by atoms with van der Waals surface area (Å²) >= 11 is 0. The molecule has 0 aliphatic heterocycles. The number of fused-ring (bicyclic) bond motifs is 5. The molecule has 4 heteroatoms. The van der Waals surface area contributed by atoms with Crippen molar-refractivity contribution in [1.82, 2.24) is 0 Å². The molecule has 7 atom stereocenters. The Morgan fingerprint density at radius 3 is 2.57 bits per heavy atom. The third-order valence-electron chi connectivity index (χ3n) is 9.78. The van der Waals surface area contributed by atoms with Crippen LogP contribution in [0.1, 0.15) is 91.9 Å². The number of hydrogen-bond donors (Lipinski definition) is 1. The van der Waals surface area contributed by atoms with E-state index in [0.717, 1.165) is 48.9 Å². The summed E-state index contributed by atoms with van der Waals surface area (Å²) in [6.45, 7) is 9.92. The van der Waals surface area contributed by atoms with Gasteiger partial charge in [0.1, 0.15) is 6.10 Å². The van der Waals surface area contributed by atoms with Crippen LogP contribution < -0.4 is 0 Å². The average Bonchev–Trinajstić information content (AvgIpc) is 3.04. The van der Waals surface area contributed by atoms with Crippen LogP contribution in [0.5, 0.6) is 0 Å². The smallest absolute Gasteiger partial charge is 0.306 e. The lowest BCUT2D eigenvalue weighted by Crippen LogP contribution is -2.51. The molecule has 0 radical (unpaired) electrons. The van der Waals surface area contributed by atoms with Crippen LogP contribution in [0.3, 0.4) is 0 Å². The fourth-order valence-corrected chi connectivity index (χ4v) is 8.32. The van der Waals surface area contributed by atoms with Crippen molar-refractivity contribution in [3.63, 3.8) is 0 Å². The molecule has 168 valence electrons. The Balaban J connectivity index is 1.46. The van der Waals surface area contributed by atoms with Gasteiger partial charge >= 0.3 is 11.9 Å². The number of hydrogen-bond acceptors (Lipinski definition) is 3. The first-order chi connectivity index (χ1) is 14.1. The van der Waals surface area contributed by atoms with E-state index in [2.05, 4.69) is 33.8 Å². The Kier molecular flexibility index (Phi) is 5.83. The predicted molar refractivity (Wildman–Crippen MR) is 117 cm³/mol. The van der Waals surface area contributed by atoms with Crippen molar-refractivity contribution in [2.45, 2.75) is 98.0 Å². The second-order valence-electron chi connectivity index (χ2n) is 11.5. The number of carbonyl (C=O) groups is 2. The number of aliphatic carboxylic acids is 1. The quantitative estimate of drug-likeness (QED) is 0.441. The van der Waals surface area contributed by atoms with Gasteiger partial charge in [0, 0.05) is 6.42 Å². The highest BCUT2D eigenvalue weighted by Crippen LogP contribution is 2.67. The first-order valence-corrected chi connectivity index (χ1v) is 12.3. The molecule has 4 rings (SSSR count). The molecule has 3 fully saturated rings. The zero-order chi connectivity index (χ0) is 21.7. The van der Waals surface area contributed by atoms with Crippen LogP contribution in [0, 0.1) is 40.4 Å². The van der Waals surface area contributed by atoms with Crippen molar-refractivity contribution in [3.8, 4) is 0 Å². The summed E-state index contributed by atoms with van der Waals surface area (Å²) < 4.78 is 5.65. The number of rotatable bonds is 5. The Labute approximate surface area is 181 Å². The fraction of sp³-hybridized carbons (Fsp3) is 0.846. The SMILES string of the molecule is CC(C)[C@H]1CC[C@H]2[C@@H]3CC=C4C[C@@H](OC(=O)CCC(=O)O)CC[C@]4(C)[C@H]3CC[C@]12C. The molecular weight excluding hydrogens is 376 g/mol. The van der Waals surface area contributed by atoms with Gasteiger partial charge in [-0.2, -0.15) is 0 Å². The van der Waals surface area contributed by atoms with E-state index in [0.29, 0.717) is 5.41 Å². The minimum absolute atomic E-state index is 0.0237. The van der Waals surface area contributed by atoms with Gasteiger partial charge in [0.05, 0.1) is 12.8 Å². The lowest BCUT2D eigenvalue weighted by atomic mass is 9.47. The molecule has 4 nitrogen and oxygen atoms in total. The van der Waals surface area contributed by atoms with E-state index in [9.17, 15) is 9.59 Å². The largest absolute Gasteiger partial charge is 0.481 e. The summed E-state index contributed by atoms with van der Waals surface area (Å²) in [6, 6.07) is 0. The van der Waals surface area contributed by atoms with Crippen LogP contribution in [0.2, 0.25) is 0 Å². The van der Waals surface area contributed by atoms with E-state index in [4.69, 9.17) is 9.84 Å². The van der Waals surface area contributed by atoms with Crippen molar-refractivity contribution in [2.75, 3.05) is 0 Å². The van der Waals surface area contributed by atoms with Gasteiger partial charge in [-0.15, -0.1) is 0 Å². The molecule has 0 aromatic carbocycles. The van der Waals surface area contributed by atoms with Gasteiger partial charge in [0.15, 0.2) is 0 Å². The van der Waals surface area contributed by atoms with Crippen LogP contribution in [0.4, 0.5) is 0 Å². The molecule has 0 bridgehead atoms. The second-order valence-corrected chi connectivity index (χ2v) is 11.5. The second kappa shape index (κ2) is 7.98. The molecule has 4 aliphatic carbocycles. The molecule has 3 saturated carbocycles. The lowest BCUT2D eigenvalue weighted by Gasteiger charge is -2.58. The lowest BCUT2D eigenvalue weighted by molar-refractivity contribution is -0.154. The van der Waals surface area contributed by atoms with E-state index in [-0.39, 0.29) is 30.3 Å². The highest BCUT2D eigenvalue weighted by molar-refractivity contribution is 5.76. The molecule has 30 heavy (non-hydrogen) atoms. The van der Waals surface area contributed by atoms with Crippen molar-refractivity contribution in [1.29, 1.82) is 0 Å². The van der Waals surface area contributed by atoms with Gasteiger partial charge < -0.3 is 9.84 Å². The molecule has 4 aliphatic rings. The van der Waals surface area contributed by atoms with Crippen molar-refractivity contribution < 1.29 is 19.4 Å². The molecule has 0 saturated heterocycles. The molecule has 0 aromatic heterocycles. The topological polar surface area (TPSA) is 63.6 Å². The summed E-state index contributed by atoms with van der Waals surface area (Å²) in [4.78, 5) is 22.7. The van der Waals surface area contributed by atoms with Gasteiger partial charge in [-0.1, -0.05) is 39.3 Å². The molecule has 0 unspecified atom stereocenters. The van der Waals surface area contributed by atoms with Crippen molar-refractivity contribution >= 4 is 11.9 Å². The maximum atomic E-state index is 12.0.